The van der Waals surface area contributed by atoms with Crippen molar-refractivity contribution in [1.29, 1.82) is 0 Å². The van der Waals surface area contributed by atoms with Crippen LogP contribution in [0, 0.1) is 16.4 Å². The van der Waals surface area contributed by atoms with Crippen LogP contribution in [-0.4, -0.2) is 0 Å². The highest BCUT2D eigenvalue weighted by atomic mass is 127. The first kappa shape index (κ1) is 11.0. The fourth-order valence-electron chi connectivity index (χ4n) is 1.29. The van der Waals surface area contributed by atoms with Crippen LogP contribution in [0.2, 0.25) is 0 Å². The Labute approximate surface area is 93.9 Å². The Kier molecular flexibility index (Phi) is 3.74. The van der Waals surface area contributed by atoms with Crippen LogP contribution in [0.5, 0.6) is 0 Å². The second-order valence-corrected chi connectivity index (χ2v) is 4.83. The van der Waals surface area contributed by atoms with Crippen LogP contribution in [0.1, 0.15) is 31.0 Å². The number of hydrogen-bond donors (Lipinski definition) is 1. The van der Waals surface area contributed by atoms with Crippen molar-refractivity contribution in [3.63, 3.8) is 0 Å². The van der Waals surface area contributed by atoms with E-state index in [9.17, 15) is 0 Å². The Bertz CT molecular complexity index is 294. The quantitative estimate of drug-likeness (QED) is 0.831. The third kappa shape index (κ3) is 2.44. The summed E-state index contributed by atoms with van der Waals surface area (Å²) in [6.07, 6.45) is 0. The van der Waals surface area contributed by atoms with Gasteiger partial charge in [-0.05, 0) is 46.6 Å². The standard InChI is InChI=1S/C11H16IN/c1-7(2)11(13)9-6-4-5-8(3)10(9)12/h4-7,11H,13H2,1-3H3. The van der Waals surface area contributed by atoms with Gasteiger partial charge in [-0.1, -0.05) is 32.0 Å². The minimum absolute atomic E-state index is 0.159. The second kappa shape index (κ2) is 4.42. The number of halogens is 1. The Morgan fingerprint density at radius 1 is 1.31 bits per heavy atom. The topological polar surface area (TPSA) is 26.0 Å². The van der Waals surface area contributed by atoms with Crippen LogP contribution in [0.15, 0.2) is 18.2 Å². The summed E-state index contributed by atoms with van der Waals surface area (Å²) in [6, 6.07) is 6.49. The van der Waals surface area contributed by atoms with E-state index in [0.29, 0.717) is 5.92 Å². The Morgan fingerprint density at radius 3 is 2.46 bits per heavy atom. The molecule has 2 heteroatoms. The van der Waals surface area contributed by atoms with Crippen molar-refractivity contribution in [1.82, 2.24) is 0 Å². The summed E-state index contributed by atoms with van der Waals surface area (Å²) in [5.41, 5.74) is 8.69. The number of rotatable bonds is 2. The van der Waals surface area contributed by atoms with E-state index >= 15 is 0 Å². The molecular weight excluding hydrogens is 273 g/mol. The number of hydrogen-bond acceptors (Lipinski definition) is 1. The smallest absolute Gasteiger partial charge is 0.0328 e. The SMILES string of the molecule is Cc1cccc(C(N)C(C)C)c1I. The summed E-state index contributed by atoms with van der Waals surface area (Å²) in [7, 11) is 0. The van der Waals surface area contributed by atoms with Crippen LogP contribution in [0.3, 0.4) is 0 Å². The lowest BCUT2D eigenvalue weighted by Gasteiger charge is -2.18. The van der Waals surface area contributed by atoms with Gasteiger partial charge >= 0.3 is 0 Å². The summed E-state index contributed by atoms with van der Waals surface area (Å²) in [6.45, 7) is 6.44. The van der Waals surface area contributed by atoms with Gasteiger partial charge in [0.25, 0.3) is 0 Å². The maximum absolute atomic E-state index is 6.10. The van der Waals surface area contributed by atoms with E-state index in [-0.39, 0.29) is 6.04 Å². The lowest BCUT2D eigenvalue weighted by molar-refractivity contribution is 0.512. The molecule has 0 heterocycles. The molecule has 0 radical (unpaired) electrons. The van der Waals surface area contributed by atoms with E-state index in [1.54, 1.807) is 0 Å². The maximum Gasteiger partial charge on any atom is 0.0328 e. The first-order valence-corrected chi connectivity index (χ1v) is 5.62. The van der Waals surface area contributed by atoms with Crippen molar-refractivity contribution in [2.24, 2.45) is 11.7 Å². The molecule has 0 amide bonds. The molecule has 0 aliphatic carbocycles. The number of nitrogens with two attached hydrogens (primary N) is 1. The van der Waals surface area contributed by atoms with E-state index in [0.717, 1.165) is 0 Å². The van der Waals surface area contributed by atoms with Crippen molar-refractivity contribution in [3.05, 3.63) is 32.9 Å². The van der Waals surface area contributed by atoms with Crippen LogP contribution < -0.4 is 5.73 Å². The molecule has 0 saturated carbocycles. The van der Waals surface area contributed by atoms with Gasteiger partial charge in [-0.3, -0.25) is 0 Å². The van der Waals surface area contributed by atoms with E-state index in [2.05, 4.69) is 61.6 Å². The minimum Gasteiger partial charge on any atom is -0.324 e. The molecule has 0 aliphatic rings. The highest BCUT2D eigenvalue weighted by Crippen LogP contribution is 2.25. The van der Waals surface area contributed by atoms with Crippen LogP contribution in [0.4, 0.5) is 0 Å². The average Bonchev–Trinajstić information content (AvgIpc) is 2.08. The van der Waals surface area contributed by atoms with E-state index < -0.39 is 0 Å². The zero-order valence-electron chi connectivity index (χ0n) is 8.34. The van der Waals surface area contributed by atoms with E-state index in [1.165, 1.54) is 14.7 Å². The summed E-state index contributed by atoms with van der Waals surface area (Å²) in [5.74, 6) is 0.496. The van der Waals surface area contributed by atoms with Gasteiger partial charge in [0, 0.05) is 9.61 Å². The van der Waals surface area contributed by atoms with Crippen molar-refractivity contribution in [2.45, 2.75) is 26.8 Å². The number of benzene rings is 1. The summed E-state index contributed by atoms with van der Waals surface area (Å²) < 4.78 is 1.31. The largest absolute Gasteiger partial charge is 0.324 e. The van der Waals surface area contributed by atoms with Gasteiger partial charge in [-0.25, -0.2) is 0 Å². The molecule has 0 spiro atoms. The molecule has 2 N–H and O–H groups in total. The zero-order valence-corrected chi connectivity index (χ0v) is 10.5. The van der Waals surface area contributed by atoms with E-state index in [4.69, 9.17) is 5.73 Å². The Balaban J connectivity index is 3.07. The molecule has 0 aliphatic heterocycles. The van der Waals surface area contributed by atoms with Gasteiger partial charge in [-0.2, -0.15) is 0 Å². The fraction of sp³-hybridized carbons (Fsp3) is 0.455. The number of aryl methyl sites for hydroxylation is 1. The van der Waals surface area contributed by atoms with Gasteiger partial charge in [0.05, 0.1) is 0 Å². The van der Waals surface area contributed by atoms with E-state index in [1.807, 2.05) is 0 Å². The van der Waals surface area contributed by atoms with Crippen molar-refractivity contribution >= 4 is 22.6 Å². The van der Waals surface area contributed by atoms with Crippen molar-refractivity contribution in [3.8, 4) is 0 Å². The maximum atomic E-state index is 6.10. The highest BCUT2D eigenvalue weighted by Gasteiger charge is 2.13. The van der Waals surface area contributed by atoms with Gasteiger partial charge in [0.2, 0.25) is 0 Å². The molecule has 72 valence electrons. The monoisotopic (exact) mass is 289 g/mol. The molecule has 1 atom stereocenters. The second-order valence-electron chi connectivity index (χ2n) is 3.75. The molecule has 1 unspecified atom stereocenters. The van der Waals surface area contributed by atoms with Crippen molar-refractivity contribution in [2.75, 3.05) is 0 Å². The Morgan fingerprint density at radius 2 is 1.92 bits per heavy atom. The average molecular weight is 289 g/mol. The molecule has 0 saturated heterocycles. The molecule has 1 nitrogen and oxygen atoms in total. The fourth-order valence-corrected chi connectivity index (χ4v) is 2.01. The third-order valence-corrected chi connectivity index (χ3v) is 3.77. The third-order valence-electron chi connectivity index (χ3n) is 2.30. The molecule has 13 heavy (non-hydrogen) atoms. The molecule has 0 bridgehead atoms. The van der Waals surface area contributed by atoms with Crippen molar-refractivity contribution < 1.29 is 0 Å². The molecule has 0 fully saturated rings. The minimum atomic E-state index is 0.159. The molecule has 1 aromatic carbocycles. The predicted octanol–water partition coefficient (Wildman–Crippen LogP) is 3.26. The van der Waals surface area contributed by atoms with Crippen LogP contribution >= 0.6 is 22.6 Å². The predicted molar refractivity (Wildman–Crippen MR) is 65.7 cm³/mol. The lowest BCUT2D eigenvalue weighted by Crippen LogP contribution is -2.18. The summed E-state index contributed by atoms with van der Waals surface area (Å²) in [5, 5.41) is 0. The lowest BCUT2D eigenvalue weighted by atomic mass is 9.96. The summed E-state index contributed by atoms with van der Waals surface area (Å²) >= 11 is 2.37. The molecular formula is C11H16IN. The molecule has 0 aromatic heterocycles. The molecule has 1 aromatic rings. The Hall–Kier alpha value is -0.0900. The highest BCUT2D eigenvalue weighted by molar-refractivity contribution is 14.1. The van der Waals surface area contributed by atoms with Gasteiger partial charge < -0.3 is 5.73 Å². The van der Waals surface area contributed by atoms with Gasteiger partial charge in [0.1, 0.15) is 0 Å². The van der Waals surface area contributed by atoms with Crippen LogP contribution in [-0.2, 0) is 0 Å². The zero-order chi connectivity index (χ0) is 10.0. The summed E-state index contributed by atoms with van der Waals surface area (Å²) in [4.78, 5) is 0. The molecule has 1 rings (SSSR count). The van der Waals surface area contributed by atoms with Gasteiger partial charge in [0.15, 0.2) is 0 Å². The normalized spacial score (nSPS) is 13.4. The first-order valence-electron chi connectivity index (χ1n) is 4.54. The van der Waals surface area contributed by atoms with Gasteiger partial charge in [-0.15, -0.1) is 0 Å². The van der Waals surface area contributed by atoms with Crippen LogP contribution in [0.25, 0.3) is 0 Å². The first-order chi connectivity index (χ1) is 6.04.